The molecule has 2 heterocycles. The van der Waals surface area contributed by atoms with E-state index >= 15 is 0 Å². The van der Waals surface area contributed by atoms with Crippen molar-refractivity contribution in [2.45, 2.75) is 64.3 Å². The first-order chi connectivity index (χ1) is 11.4. The van der Waals surface area contributed by atoms with Crippen molar-refractivity contribution >= 4 is 17.8 Å². The monoisotopic (exact) mass is 335 g/mol. The molecule has 2 atom stereocenters. The van der Waals surface area contributed by atoms with Gasteiger partial charge in [-0.1, -0.05) is 26.7 Å². The summed E-state index contributed by atoms with van der Waals surface area (Å²) in [5.41, 5.74) is -0.640. The number of carbonyl (C=O) groups excluding carboxylic acids is 3. The van der Waals surface area contributed by atoms with Gasteiger partial charge in [-0.2, -0.15) is 0 Å². The smallest absolute Gasteiger partial charge is 0.325 e. The van der Waals surface area contributed by atoms with Crippen LogP contribution >= 0.6 is 0 Å². The average Bonchev–Trinajstić information content (AvgIpc) is 3.07. The summed E-state index contributed by atoms with van der Waals surface area (Å²) >= 11 is 0. The first-order valence-corrected chi connectivity index (χ1v) is 9.33. The number of rotatable bonds is 4. The van der Waals surface area contributed by atoms with Crippen LogP contribution in [0.5, 0.6) is 0 Å². The third kappa shape index (κ3) is 3.28. The summed E-state index contributed by atoms with van der Waals surface area (Å²) < 4.78 is 0. The molecule has 6 heteroatoms. The third-order valence-electron chi connectivity index (χ3n) is 5.70. The second-order valence-electron chi connectivity index (χ2n) is 8.02. The van der Waals surface area contributed by atoms with E-state index in [0.29, 0.717) is 31.2 Å². The van der Waals surface area contributed by atoms with Crippen LogP contribution in [0.25, 0.3) is 0 Å². The second kappa shape index (κ2) is 6.73. The summed E-state index contributed by atoms with van der Waals surface area (Å²) in [4.78, 5) is 40.3. The Morgan fingerprint density at radius 3 is 2.42 bits per heavy atom. The highest BCUT2D eigenvalue weighted by Crippen LogP contribution is 2.35. The Labute approximate surface area is 143 Å². The van der Waals surface area contributed by atoms with E-state index in [2.05, 4.69) is 19.2 Å². The van der Waals surface area contributed by atoms with Crippen molar-refractivity contribution in [1.29, 1.82) is 0 Å². The molecule has 1 N–H and O–H groups in total. The zero-order valence-electron chi connectivity index (χ0n) is 14.8. The van der Waals surface area contributed by atoms with Gasteiger partial charge < -0.3 is 10.2 Å². The van der Waals surface area contributed by atoms with E-state index in [0.717, 1.165) is 38.8 Å². The first-order valence-electron chi connectivity index (χ1n) is 9.33. The summed E-state index contributed by atoms with van der Waals surface area (Å²) in [6, 6.07) is -0.283. The van der Waals surface area contributed by atoms with Crippen LogP contribution in [0.3, 0.4) is 0 Å². The van der Waals surface area contributed by atoms with Gasteiger partial charge in [0.2, 0.25) is 5.91 Å². The molecule has 1 aliphatic carbocycles. The fourth-order valence-corrected chi connectivity index (χ4v) is 4.61. The molecule has 2 aliphatic heterocycles. The SMILES string of the molecule is C[C@@H]1C[C@H](C)CN(C(=O)CCCN2C(=O)NC3(CCCC3)C2=O)C1. The van der Waals surface area contributed by atoms with E-state index in [-0.39, 0.29) is 17.8 Å². The van der Waals surface area contributed by atoms with E-state index in [9.17, 15) is 14.4 Å². The molecular weight excluding hydrogens is 306 g/mol. The predicted octanol–water partition coefficient (Wildman–Crippen LogP) is 2.14. The standard InChI is InChI=1S/C18H29N3O3/c1-13-10-14(2)12-20(11-13)15(22)6-5-9-21-16(23)18(19-17(21)24)7-3-4-8-18/h13-14H,3-12H2,1-2H3,(H,19,24)/t13-,14+. The van der Waals surface area contributed by atoms with Crippen LogP contribution in [-0.2, 0) is 9.59 Å². The minimum Gasteiger partial charge on any atom is -0.342 e. The molecule has 0 aromatic heterocycles. The quantitative estimate of drug-likeness (QED) is 0.800. The number of hydrogen-bond donors (Lipinski definition) is 1. The largest absolute Gasteiger partial charge is 0.342 e. The first kappa shape index (κ1) is 17.2. The Hall–Kier alpha value is -1.59. The molecule has 3 aliphatic rings. The van der Waals surface area contributed by atoms with E-state index in [4.69, 9.17) is 0 Å². The van der Waals surface area contributed by atoms with Gasteiger partial charge in [0.25, 0.3) is 5.91 Å². The topological polar surface area (TPSA) is 69.7 Å². The van der Waals surface area contributed by atoms with Gasteiger partial charge in [-0.3, -0.25) is 14.5 Å². The van der Waals surface area contributed by atoms with Crippen LogP contribution in [0.2, 0.25) is 0 Å². The molecule has 0 radical (unpaired) electrons. The van der Waals surface area contributed by atoms with Crippen LogP contribution in [-0.4, -0.2) is 52.8 Å². The van der Waals surface area contributed by atoms with Gasteiger partial charge in [0, 0.05) is 26.1 Å². The summed E-state index contributed by atoms with van der Waals surface area (Å²) in [6.07, 6.45) is 5.60. The van der Waals surface area contributed by atoms with Crippen molar-refractivity contribution < 1.29 is 14.4 Å². The highest BCUT2D eigenvalue weighted by molar-refractivity contribution is 6.07. The van der Waals surface area contributed by atoms with Crippen molar-refractivity contribution in [3.63, 3.8) is 0 Å². The number of imide groups is 1. The van der Waals surface area contributed by atoms with Crippen LogP contribution in [0.4, 0.5) is 4.79 Å². The molecule has 0 aromatic rings. The molecular formula is C18H29N3O3. The highest BCUT2D eigenvalue weighted by atomic mass is 16.2. The van der Waals surface area contributed by atoms with Crippen molar-refractivity contribution in [3.8, 4) is 0 Å². The zero-order valence-corrected chi connectivity index (χ0v) is 14.8. The Balaban J connectivity index is 1.48. The van der Waals surface area contributed by atoms with Crippen molar-refractivity contribution in [3.05, 3.63) is 0 Å². The minimum atomic E-state index is -0.640. The van der Waals surface area contributed by atoms with Crippen molar-refractivity contribution in [2.75, 3.05) is 19.6 Å². The Kier molecular flexibility index (Phi) is 4.83. The molecule has 134 valence electrons. The molecule has 2 saturated heterocycles. The molecule has 3 rings (SSSR count). The molecule has 1 saturated carbocycles. The van der Waals surface area contributed by atoms with Crippen LogP contribution < -0.4 is 5.32 Å². The van der Waals surface area contributed by atoms with Gasteiger partial charge >= 0.3 is 6.03 Å². The predicted molar refractivity (Wildman–Crippen MR) is 90.2 cm³/mol. The molecule has 0 bridgehead atoms. The number of urea groups is 1. The van der Waals surface area contributed by atoms with Gasteiger partial charge in [-0.05, 0) is 37.5 Å². The molecule has 1 spiro atoms. The number of hydrogen-bond acceptors (Lipinski definition) is 3. The second-order valence-corrected chi connectivity index (χ2v) is 8.02. The lowest BCUT2D eigenvalue weighted by molar-refractivity contribution is -0.135. The lowest BCUT2D eigenvalue weighted by atomic mass is 9.91. The Morgan fingerprint density at radius 1 is 1.17 bits per heavy atom. The fraction of sp³-hybridized carbons (Fsp3) is 0.833. The van der Waals surface area contributed by atoms with Crippen molar-refractivity contribution in [2.24, 2.45) is 11.8 Å². The summed E-state index contributed by atoms with van der Waals surface area (Å²) in [7, 11) is 0. The lowest BCUT2D eigenvalue weighted by Gasteiger charge is -2.35. The third-order valence-corrected chi connectivity index (χ3v) is 5.70. The van der Waals surface area contributed by atoms with Gasteiger partial charge in [-0.25, -0.2) is 4.79 Å². The van der Waals surface area contributed by atoms with Gasteiger partial charge in [0.1, 0.15) is 5.54 Å². The number of piperidine rings is 1. The maximum absolute atomic E-state index is 12.6. The average molecular weight is 335 g/mol. The summed E-state index contributed by atoms with van der Waals surface area (Å²) in [5.74, 6) is 1.16. The number of carbonyl (C=O) groups is 3. The maximum Gasteiger partial charge on any atom is 0.325 e. The number of nitrogens with zero attached hydrogens (tertiary/aromatic N) is 2. The molecule has 0 aromatic carbocycles. The number of nitrogens with one attached hydrogen (secondary N) is 1. The summed E-state index contributed by atoms with van der Waals surface area (Å²) in [5, 5.41) is 2.88. The Morgan fingerprint density at radius 2 is 1.79 bits per heavy atom. The van der Waals surface area contributed by atoms with E-state index in [1.807, 2.05) is 4.90 Å². The van der Waals surface area contributed by atoms with Crippen LogP contribution in [0, 0.1) is 11.8 Å². The molecule has 24 heavy (non-hydrogen) atoms. The van der Waals surface area contributed by atoms with Gasteiger partial charge in [-0.15, -0.1) is 0 Å². The van der Waals surface area contributed by atoms with E-state index < -0.39 is 5.54 Å². The number of amides is 4. The molecule has 6 nitrogen and oxygen atoms in total. The highest BCUT2D eigenvalue weighted by Gasteiger charge is 2.52. The summed E-state index contributed by atoms with van der Waals surface area (Å²) in [6.45, 7) is 6.37. The minimum absolute atomic E-state index is 0.0855. The van der Waals surface area contributed by atoms with Crippen LogP contribution in [0.1, 0.15) is 58.8 Å². The van der Waals surface area contributed by atoms with Crippen LogP contribution in [0.15, 0.2) is 0 Å². The van der Waals surface area contributed by atoms with E-state index in [1.54, 1.807) is 0 Å². The molecule has 3 fully saturated rings. The zero-order chi connectivity index (χ0) is 17.3. The van der Waals surface area contributed by atoms with Gasteiger partial charge in [0.15, 0.2) is 0 Å². The normalized spacial score (nSPS) is 29.4. The molecule has 0 unspecified atom stereocenters. The molecule has 4 amide bonds. The fourth-order valence-electron chi connectivity index (χ4n) is 4.61. The maximum atomic E-state index is 12.6. The van der Waals surface area contributed by atoms with Crippen molar-refractivity contribution in [1.82, 2.24) is 15.1 Å². The Bertz CT molecular complexity index is 518. The van der Waals surface area contributed by atoms with E-state index in [1.165, 1.54) is 11.3 Å². The number of likely N-dealkylation sites (tertiary alicyclic amines) is 1. The lowest BCUT2D eigenvalue weighted by Crippen LogP contribution is -2.44. The van der Waals surface area contributed by atoms with Gasteiger partial charge in [0.05, 0.1) is 0 Å².